The van der Waals surface area contributed by atoms with E-state index in [-0.39, 0.29) is 18.5 Å². The Labute approximate surface area is 81.9 Å². The summed E-state index contributed by atoms with van der Waals surface area (Å²) >= 11 is 0. The molecule has 5 heteroatoms. The van der Waals surface area contributed by atoms with Crippen molar-refractivity contribution < 1.29 is 24.1 Å². The first-order chi connectivity index (χ1) is 6.43. The van der Waals surface area contributed by atoms with Crippen molar-refractivity contribution in [1.29, 1.82) is 0 Å². The average molecular weight is 202 g/mol. The maximum absolute atomic E-state index is 10.8. The fourth-order valence-electron chi connectivity index (χ4n) is 1.93. The lowest BCUT2D eigenvalue weighted by atomic mass is 9.89. The molecular formula is C9H14O5. The van der Waals surface area contributed by atoms with Crippen LogP contribution in [0.25, 0.3) is 0 Å². The van der Waals surface area contributed by atoms with Gasteiger partial charge in [0.25, 0.3) is 0 Å². The Hall–Kier alpha value is -0.650. The second kappa shape index (κ2) is 2.92. The van der Waals surface area contributed by atoms with Gasteiger partial charge in [0.1, 0.15) is 11.7 Å². The van der Waals surface area contributed by atoms with E-state index in [1.54, 1.807) is 13.8 Å². The number of fused-ring (bicyclic) bond motifs is 1. The van der Waals surface area contributed by atoms with Gasteiger partial charge in [0.05, 0.1) is 6.10 Å². The molecule has 0 radical (unpaired) electrons. The number of aliphatic hydroxyl groups is 1. The van der Waals surface area contributed by atoms with E-state index in [0.29, 0.717) is 0 Å². The van der Waals surface area contributed by atoms with Crippen LogP contribution >= 0.6 is 0 Å². The maximum Gasteiger partial charge on any atom is 0.303 e. The highest BCUT2D eigenvalue weighted by atomic mass is 16.8. The van der Waals surface area contributed by atoms with E-state index in [4.69, 9.17) is 14.2 Å². The number of hydrogen-bond acceptors (Lipinski definition) is 5. The molecule has 2 aliphatic heterocycles. The molecule has 2 aliphatic rings. The van der Waals surface area contributed by atoms with Gasteiger partial charge in [-0.1, -0.05) is 0 Å². The third-order valence-electron chi connectivity index (χ3n) is 2.67. The molecule has 5 nitrogen and oxygen atoms in total. The molecule has 0 bridgehead atoms. The summed E-state index contributed by atoms with van der Waals surface area (Å²) < 4.78 is 15.5. The van der Waals surface area contributed by atoms with Crippen LogP contribution in [0.3, 0.4) is 0 Å². The summed E-state index contributed by atoms with van der Waals surface area (Å²) in [5.74, 6) is -0.426. The van der Waals surface area contributed by atoms with Gasteiger partial charge in [-0.05, 0) is 13.8 Å². The Morgan fingerprint density at radius 2 is 2.14 bits per heavy atom. The van der Waals surface area contributed by atoms with E-state index in [1.165, 1.54) is 6.92 Å². The summed E-state index contributed by atoms with van der Waals surface area (Å²) in [5.41, 5.74) is -1.16. The summed E-state index contributed by atoms with van der Waals surface area (Å²) in [5, 5.41) is 10.1. The van der Waals surface area contributed by atoms with Crippen molar-refractivity contribution in [2.45, 2.75) is 51.0 Å². The summed E-state index contributed by atoms with van der Waals surface area (Å²) in [4.78, 5) is 10.8. The molecule has 0 aliphatic carbocycles. The van der Waals surface area contributed by atoms with Crippen LogP contribution in [0.1, 0.15) is 20.8 Å². The molecule has 0 saturated carbocycles. The molecule has 14 heavy (non-hydrogen) atoms. The fraction of sp³-hybridized carbons (Fsp3) is 0.889. The predicted octanol–water partition coefficient (Wildman–Crippen LogP) is -0.187. The van der Waals surface area contributed by atoms with E-state index in [0.717, 1.165) is 0 Å². The Bertz CT molecular complexity index is 262. The van der Waals surface area contributed by atoms with E-state index < -0.39 is 17.7 Å². The topological polar surface area (TPSA) is 68.3 Å². The van der Waals surface area contributed by atoms with Gasteiger partial charge in [-0.2, -0.15) is 0 Å². The predicted molar refractivity (Wildman–Crippen MR) is 45.4 cm³/mol. The number of rotatable bonds is 1. The number of epoxide rings is 1. The van der Waals surface area contributed by atoms with Crippen molar-refractivity contribution >= 4 is 5.97 Å². The van der Waals surface area contributed by atoms with Gasteiger partial charge in [0.15, 0.2) is 12.4 Å². The van der Waals surface area contributed by atoms with Crippen LogP contribution in [0, 0.1) is 0 Å². The second-order valence-electron chi connectivity index (χ2n) is 4.02. The van der Waals surface area contributed by atoms with Crippen molar-refractivity contribution in [3.05, 3.63) is 0 Å². The molecule has 5 atom stereocenters. The zero-order valence-electron chi connectivity index (χ0n) is 8.39. The minimum atomic E-state index is -1.16. The highest BCUT2D eigenvalue weighted by Crippen LogP contribution is 2.43. The maximum atomic E-state index is 10.8. The highest BCUT2D eigenvalue weighted by Gasteiger charge is 2.63. The van der Waals surface area contributed by atoms with Crippen molar-refractivity contribution in [2.75, 3.05) is 0 Å². The van der Waals surface area contributed by atoms with Gasteiger partial charge in [-0.15, -0.1) is 0 Å². The lowest BCUT2D eigenvalue weighted by Crippen LogP contribution is -2.56. The molecule has 0 aromatic rings. The molecule has 2 fully saturated rings. The molecular weight excluding hydrogens is 188 g/mol. The van der Waals surface area contributed by atoms with Crippen LogP contribution in [0.2, 0.25) is 0 Å². The molecule has 0 aromatic carbocycles. The first kappa shape index (κ1) is 9.89. The molecule has 1 N–H and O–H groups in total. The number of hydrogen-bond donors (Lipinski definition) is 1. The van der Waals surface area contributed by atoms with E-state index >= 15 is 0 Å². The van der Waals surface area contributed by atoms with Crippen molar-refractivity contribution in [3.8, 4) is 0 Å². The summed E-state index contributed by atoms with van der Waals surface area (Å²) in [6.45, 7) is 4.66. The first-order valence-electron chi connectivity index (χ1n) is 4.63. The first-order valence-corrected chi connectivity index (χ1v) is 4.63. The largest absolute Gasteiger partial charge is 0.457 e. The third-order valence-corrected chi connectivity index (χ3v) is 2.67. The standard InChI is InChI=1S/C9H14O5/c1-4-6(13-5(2)10)9(3,11)7-8(12-4)14-7/h4,6-8,11H,1-3H3/t4-,6-,7-,8+,9+/m0/s1. The van der Waals surface area contributed by atoms with Crippen LogP contribution in [0.5, 0.6) is 0 Å². The van der Waals surface area contributed by atoms with Crippen molar-refractivity contribution in [2.24, 2.45) is 0 Å². The van der Waals surface area contributed by atoms with E-state index in [1.807, 2.05) is 0 Å². The Kier molecular flexibility index (Phi) is 2.06. The lowest BCUT2D eigenvalue weighted by molar-refractivity contribution is -0.196. The monoisotopic (exact) mass is 202 g/mol. The van der Waals surface area contributed by atoms with E-state index in [9.17, 15) is 9.90 Å². The number of carbonyl (C=O) groups excluding carboxylic acids is 1. The van der Waals surface area contributed by atoms with Crippen LogP contribution in [0.4, 0.5) is 0 Å². The summed E-state index contributed by atoms with van der Waals surface area (Å²) in [6, 6.07) is 0. The highest BCUT2D eigenvalue weighted by molar-refractivity contribution is 5.66. The smallest absolute Gasteiger partial charge is 0.303 e. The van der Waals surface area contributed by atoms with Crippen molar-refractivity contribution in [1.82, 2.24) is 0 Å². The number of carbonyl (C=O) groups is 1. The zero-order chi connectivity index (χ0) is 10.5. The minimum Gasteiger partial charge on any atom is -0.457 e. The molecule has 0 unspecified atom stereocenters. The number of esters is 1. The fourth-order valence-corrected chi connectivity index (χ4v) is 1.93. The molecule has 0 aromatic heterocycles. The zero-order valence-corrected chi connectivity index (χ0v) is 8.39. The van der Waals surface area contributed by atoms with Gasteiger partial charge < -0.3 is 19.3 Å². The van der Waals surface area contributed by atoms with Crippen LogP contribution in [-0.2, 0) is 19.0 Å². The van der Waals surface area contributed by atoms with Gasteiger partial charge in [0, 0.05) is 6.92 Å². The SMILES string of the molecule is CC(=O)O[C@H]1[C@H](C)O[C@@H]2O[C@@H]2[C@]1(C)O. The molecule has 2 heterocycles. The van der Waals surface area contributed by atoms with Gasteiger partial charge in [-0.25, -0.2) is 0 Å². The van der Waals surface area contributed by atoms with Gasteiger partial charge in [-0.3, -0.25) is 4.79 Å². The molecule has 2 rings (SSSR count). The molecule has 0 amide bonds. The van der Waals surface area contributed by atoms with Crippen LogP contribution in [-0.4, -0.2) is 41.3 Å². The Morgan fingerprint density at radius 3 is 2.71 bits per heavy atom. The molecule has 2 saturated heterocycles. The summed E-state index contributed by atoms with van der Waals surface area (Å²) in [7, 11) is 0. The van der Waals surface area contributed by atoms with Gasteiger partial charge >= 0.3 is 5.97 Å². The van der Waals surface area contributed by atoms with Crippen molar-refractivity contribution in [3.63, 3.8) is 0 Å². The Morgan fingerprint density at radius 1 is 1.50 bits per heavy atom. The van der Waals surface area contributed by atoms with E-state index in [2.05, 4.69) is 0 Å². The number of ether oxygens (including phenoxy) is 3. The lowest BCUT2D eigenvalue weighted by Gasteiger charge is -2.37. The van der Waals surface area contributed by atoms with Crippen LogP contribution < -0.4 is 0 Å². The van der Waals surface area contributed by atoms with Gasteiger partial charge in [0.2, 0.25) is 0 Å². The van der Waals surface area contributed by atoms with Crippen LogP contribution in [0.15, 0.2) is 0 Å². The quantitative estimate of drug-likeness (QED) is 0.471. The average Bonchev–Trinajstić information content (AvgIpc) is 2.77. The minimum absolute atomic E-state index is 0.341. The Balaban J connectivity index is 2.14. The third kappa shape index (κ3) is 1.41. The summed E-state index contributed by atoms with van der Waals surface area (Å²) in [6.07, 6.45) is -1.73. The second-order valence-corrected chi connectivity index (χ2v) is 4.02. The normalized spacial score (nSPS) is 50.9. The molecule has 0 spiro atoms. The molecule has 80 valence electrons.